The highest BCUT2D eigenvalue weighted by Crippen LogP contribution is 2.43. The van der Waals surface area contributed by atoms with Crippen molar-refractivity contribution in [2.45, 2.75) is 219 Å². The number of hydrogen-bond acceptors (Lipinski definition) is 7. The predicted molar refractivity (Wildman–Crippen MR) is 275 cm³/mol. The molecule has 0 fully saturated rings. The molecule has 10 heteroatoms. The Balaban J connectivity index is 4.32. The van der Waals surface area contributed by atoms with Crippen molar-refractivity contribution in [3.63, 3.8) is 0 Å². The van der Waals surface area contributed by atoms with Crippen LogP contribution in [0.2, 0.25) is 0 Å². The van der Waals surface area contributed by atoms with Crippen LogP contribution >= 0.6 is 7.82 Å². The monoisotopic (exact) mass is 933 g/mol. The van der Waals surface area contributed by atoms with Crippen molar-refractivity contribution < 1.29 is 42.1 Å². The summed E-state index contributed by atoms with van der Waals surface area (Å²) in [4.78, 5) is 35.5. The van der Waals surface area contributed by atoms with Crippen molar-refractivity contribution in [2.75, 3.05) is 47.5 Å². The zero-order valence-corrected chi connectivity index (χ0v) is 43.3. The Morgan fingerprint density at radius 3 is 1.28 bits per heavy atom. The number of phosphoric ester groups is 1. The second kappa shape index (κ2) is 46.6. The summed E-state index contributed by atoms with van der Waals surface area (Å²) in [6, 6.07) is 0. The number of quaternary nitrogens is 1. The molecular weight excluding hydrogens is 834 g/mol. The van der Waals surface area contributed by atoms with Gasteiger partial charge in [0.1, 0.15) is 19.8 Å². The van der Waals surface area contributed by atoms with Crippen LogP contribution in [-0.4, -0.2) is 74.9 Å². The van der Waals surface area contributed by atoms with E-state index in [1.165, 1.54) is 122 Å². The lowest BCUT2D eigenvalue weighted by atomic mass is 10.0. The van der Waals surface area contributed by atoms with Crippen LogP contribution in [0.4, 0.5) is 0 Å². The highest BCUT2D eigenvalue weighted by Gasteiger charge is 2.27. The van der Waals surface area contributed by atoms with Crippen LogP contribution in [0, 0.1) is 0 Å². The van der Waals surface area contributed by atoms with Crippen LogP contribution in [0.1, 0.15) is 213 Å². The normalized spacial score (nSPS) is 14.0. The highest BCUT2D eigenvalue weighted by molar-refractivity contribution is 7.47. The minimum atomic E-state index is -4.40. The summed E-state index contributed by atoms with van der Waals surface area (Å²) in [6.07, 6.45) is 59.8. The summed E-state index contributed by atoms with van der Waals surface area (Å²) >= 11 is 0. The molecule has 0 bridgehead atoms. The number of hydrogen-bond donors (Lipinski definition) is 1. The number of carbonyl (C=O) groups is 2. The van der Waals surface area contributed by atoms with Gasteiger partial charge in [-0.2, -0.15) is 0 Å². The first-order valence-corrected chi connectivity index (χ1v) is 27.7. The van der Waals surface area contributed by atoms with E-state index in [4.69, 9.17) is 18.5 Å². The quantitative estimate of drug-likeness (QED) is 0.0211. The molecule has 1 unspecified atom stereocenters. The van der Waals surface area contributed by atoms with Gasteiger partial charge in [-0.25, -0.2) is 4.57 Å². The third-order valence-corrected chi connectivity index (χ3v) is 12.0. The van der Waals surface area contributed by atoms with E-state index in [2.05, 4.69) is 74.6 Å². The Bertz CT molecular complexity index is 1330. The maximum absolute atomic E-state index is 12.8. The fourth-order valence-corrected chi connectivity index (χ4v) is 7.72. The first-order chi connectivity index (χ1) is 31.5. The number of carbonyl (C=O) groups excluding carboxylic acids is 2. The second-order valence-electron chi connectivity index (χ2n) is 18.5. The summed E-state index contributed by atoms with van der Waals surface area (Å²) in [6.45, 7) is 4.25. The SMILES string of the molecule is CC/C=C/C/C=C/C/C=C/C/C=C/C/C=C/C/C=C/CCC(=O)OC[C@H](COP(=O)(O)OCC[N+](C)(C)C)OC(=O)CCCCCCCCCCCCCCCCCCCCCCCC. The lowest BCUT2D eigenvalue weighted by molar-refractivity contribution is -0.870. The molecule has 0 aromatic rings. The molecule has 0 aliphatic heterocycles. The Labute approximate surface area is 399 Å². The van der Waals surface area contributed by atoms with Gasteiger partial charge in [-0.05, 0) is 51.4 Å². The highest BCUT2D eigenvalue weighted by atomic mass is 31.2. The van der Waals surface area contributed by atoms with E-state index in [-0.39, 0.29) is 26.1 Å². The van der Waals surface area contributed by atoms with Crippen molar-refractivity contribution in [3.8, 4) is 0 Å². The number of allylic oxidation sites excluding steroid dienone is 12. The number of unbranched alkanes of at least 4 members (excludes halogenated alkanes) is 21. The van der Waals surface area contributed by atoms with Crippen LogP contribution in [0.15, 0.2) is 72.9 Å². The summed E-state index contributed by atoms with van der Waals surface area (Å²) in [5, 5.41) is 0. The Morgan fingerprint density at radius 2 is 0.877 bits per heavy atom. The topological polar surface area (TPSA) is 108 Å². The van der Waals surface area contributed by atoms with Crippen LogP contribution in [0.25, 0.3) is 0 Å². The van der Waals surface area contributed by atoms with Crippen molar-refractivity contribution in [1.82, 2.24) is 0 Å². The Morgan fingerprint density at radius 1 is 0.492 bits per heavy atom. The number of ether oxygens (including phenoxy) is 2. The number of likely N-dealkylation sites (N-methyl/N-ethyl adjacent to an activating group) is 1. The molecule has 2 atom stereocenters. The van der Waals surface area contributed by atoms with E-state index < -0.39 is 32.5 Å². The third kappa shape index (κ3) is 50.7. The standard InChI is InChI=1S/C55H98NO8P/c1-6-8-10-12-14-16-18-20-22-24-26-27-28-30-32-34-36-38-40-42-44-46-48-55(58)64-53(52-63-65(59,60)62-50-49-56(3,4)5)51-61-54(57)47-45-43-41-39-37-35-33-31-29-25-23-21-19-17-15-13-11-9-7-2/h9,11,15,17,21,23,29,31,35,37,41,43,53H,6-8,10,12-14,16,18-20,22,24-28,30,32-34,36,38-40,42,44-52H2,1-5H3/p+1/b11-9+,17-15+,23-21+,31-29+,37-35+,43-41+/t53-/m1/s1. The minimum absolute atomic E-state index is 0.0187. The summed E-state index contributed by atoms with van der Waals surface area (Å²) in [5.74, 6) is -0.893. The zero-order valence-electron chi connectivity index (χ0n) is 42.5. The second-order valence-corrected chi connectivity index (χ2v) is 20.0. The molecule has 0 aliphatic rings. The molecule has 0 saturated carbocycles. The molecule has 0 amide bonds. The van der Waals surface area contributed by atoms with Crippen molar-refractivity contribution in [1.29, 1.82) is 0 Å². The van der Waals surface area contributed by atoms with Gasteiger partial charge in [-0.15, -0.1) is 0 Å². The lowest BCUT2D eigenvalue weighted by Gasteiger charge is -2.24. The molecule has 0 spiro atoms. The van der Waals surface area contributed by atoms with Gasteiger partial charge in [-0.1, -0.05) is 222 Å². The Kier molecular flexibility index (Phi) is 44.7. The summed E-state index contributed by atoms with van der Waals surface area (Å²) < 4.78 is 34.4. The van der Waals surface area contributed by atoms with Crippen molar-refractivity contribution >= 4 is 19.8 Å². The molecule has 376 valence electrons. The van der Waals surface area contributed by atoms with Gasteiger partial charge in [0.05, 0.1) is 27.7 Å². The van der Waals surface area contributed by atoms with Gasteiger partial charge in [0.15, 0.2) is 6.10 Å². The fourth-order valence-electron chi connectivity index (χ4n) is 6.98. The molecule has 0 heterocycles. The van der Waals surface area contributed by atoms with E-state index in [9.17, 15) is 19.0 Å². The average molecular weight is 933 g/mol. The molecule has 0 rings (SSSR count). The van der Waals surface area contributed by atoms with Crippen molar-refractivity contribution in [3.05, 3.63) is 72.9 Å². The zero-order chi connectivity index (χ0) is 47.8. The maximum Gasteiger partial charge on any atom is 0.472 e. The first kappa shape index (κ1) is 62.4. The molecule has 65 heavy (non-hydrogen) atoms. The van der Waals surface area contributed by atoms with E-state index in [1.54, 1.807) is 0 Å². The molecule has 1 N–H and O–H groups in total. The molecule has 0 radical (unpaired) electrons. The summed E-state index contributed by atoms with van der Waals surface area (Å²) in [5.41, 5.74) is 0. The van der Waals surface area contributed by atoms with E-state index >= 15 is 0 Å². The van der Waals surface area contributed by atoms with E-state index in [0.717, 1.165) is 51.4 Å². The first-order valence-electron chi connectivity index (χ1n) is 26.2. The van der Waals surface area contributed by atoms with Gasteiger partial charge >= 0.3 is 19.8 Å². The van der Waals surface area contributed by atoms with Crippen molar-refractivity contribution in [2.24, 2.45) is 0 Å². The van der Waals surface area contributed by atoms with Crippen LogP contribution < -0.4 is 0 Å². The average Bonchev–Trinajstić information content (AvgIpc) is 3.26. The number of phosphoric acid groups is 1. The molecule has 0 aromatic heterocycles. The maximum atomic E-state index is 12.8. The largest absolute Gasteiger partial charge is 0.472 e. The minimum Gasteiger partial charge on any atom is -0.462 e. The number of rotatable bonds is 47. The smallest absolute Gasteiger partial charge is 0.462 e. The van der Waals surface area contributed by atoms with Crippen LogP contribution in [0.5, 0.6) is 0 Å². The number of esters is 2. The van der Waals surface area contributed by atoms with Gasteiger partial charge < -0.3 is 18.9 Å². The lowest BCUT2D eigenvalue weighted by Crippen LogP contribution is -2.37. The van der Waals surface area contributed by atoms with E-state index in [0.29, 0.717) is 23.9 Å². The van der Waals surface area contributed by atoms with Gasteiger partial charge in [0.25, 0.3) is 0 Å². The molecular formula is C55H99NO8P+. The number of nitrogens with zero attached hydrogens (tertiary/aromatic N) is 1. The molecule has 0 aromatic carbocycles. The fraction of sp³-hybridized carbons (Fsp3) is 0.745. The van der Waals surface area contributed by atoms with Gasteiger partial charge in [0, 0.05) is 12.8 Å². The van der Waals surface area contributed by atoms with Crippen LogP contribution in [-0.2, 0) is 32.7 Å². The summed E-state index contributed by atoms with van der Waals surface area (Å²) in [7, 11) is 1.44. The Hall–Kier alpha value is -2.55. The predicted octanol–water partition coefficient (Wildman–Crippen LogP) is 15.8. The van der Waals surface area contributed by atoms with Gasteiger partial charge in [-0.3, -0.25) is 18.6 Å². The van der Waals surface area contributed by atoms with E-state index in [1.807, 2.05) is 33.3 Å². The third-order valence-electron chi connectivity index (χ3n) is 11.0. The van der Waals surface area contributed by atoms with Gasteiger partial charge in [0.2, 0.25) is 0 Å². The molecule has 0 aliphatic carbocycles. The van der Waals surface area contributed by atoms with Crippen LogP contribution in [0.3, 0.4) is 0 Å². The molecule has 9 nitrogen and oxygen atoms in total. The molecule has 0 saturated heterocycles.